The summed E-state index contributed by atoms with van der Waals surface area (Å²) in [6.45, 7) is 2.89. The SMILES string of the molecule is O=C(O)CCC(=O)N1CC(NC2COC2)C1. The van der Waals surface area contributed by atoms with E-state index in [1.54, 1.807) is 4.90 Å². The highest BCUT2D eigenvalue weighted by Gasteiger charge is 2.33. The fourth-order valence-corrected chi connectivity index (χ4v) is 1.82. The van der Waals surface area contributed by atoms with Crippen LogP contribution in [0.15, 0.2) is 0 Å². The summed E-state index contributed by atoms with van der Waals surface area (Å²) < 4.78 is 5.04. The third kappa shape index (κ3) is 2.70. The van der Waals surface area contributed by atoms with Gasteiger partial charge in [-0.15, -0.1) is 0 Å². The molecule has 2 rings (SSSR count). The largest absolute Gasteiger partial charge is 0.481 e. The zero-order valence-electron chi connectivity index (χ0n) is 9.02. The number of carboxylic acids is 1. The molecular formula is C10H16N2O4. The van der Waals surface area contributed by atoms with Crippen LogP contribution in [0.5, 0.6) is 0 Å². The number of carbonyl (C=O) groups is 2. The lowest BCUT2D eigenvalue weighted by Crippen LogP contribution is -2.64. The maximum atomic E-state index is 11.5. The molecule has 90 valence electrons. The van der Waals surface area contributed by atoms with Crippen LogP contribution in [0.2, 0.25) is 0 Å². The summed E-state index contributed by atoms with van der Waals surface area (Å²) in [6.07, 6.45) is 0.0263. The van der Waals surface area contributed by atoms with Gasteiger partial charge < -0.3 is 20.1 Å². The van der Waals surface area contributed by atoms with Gasteiger partial charge in [-0.1, -0.05) is 0 Å². The molecule has 6 nitrogen and oxygen atoms in total. The molecule has 0 radical (unpaired) electrons. The topological polar surface area (TPSA) is 78.9 Å². The van der Waals surface area contributed by atoms with Gasteiger partial charge in [-0.25, -0.2) is 0 Å². The third-order valence-electron chi connectivity index (χ3n) is 2.90. The molecule has 2 fully saturated rings. The number of ether oxygens (including phenoxy) is 1. The summed E-state index contributed by atoms with van der Waals surface area (Å²) in [4.78, 5) is 23.4. The van der Waals surface area contributed by atoms with Gasteiger partial charge in [-0.05, 0) is 0 Å². The van der Waals surface area contributed by atoms with Crippen molar-refractivity contribution in [2.45, 2.75) is 24.9 Å². The number of hydrogen-bond donors (Lipinski definition) is 2. The minimum atomic E-state index is -0.921. The molecule has 0 aliphatic carbocycles. The Morgan fingerprint density at radius 2 is 1.94 bits per heavy atom. The van der Waals surface area contributed by atoms with Crippen molar-refractivity contribution in [3.05, 3.63) is 0 Å². The Kier molecular flexibility index (Phi) is 3.40. The number of amides is 1. The van der Waals surface area contributed by atoms with Crippen molar-refractivity contribution in [3.8, 4) is 0 Å². The monoisotopic (exact) mass is 228 g/mol. The lowest BCUT2D eigenvalue weighted by atomic mass is 10.1. The van der Waals surface area contributed by atoms with E-state index in [0.717, 1.165) is 13.2 Å². The summed E-state index contributed by atoms with van der Waals surface area (Å²) in [5.74, 6) is -0.986. The third-order valence-corrected chi connectivity index (χ3v) is 2.90. The fraction of sp³-hybridized carbons (Fsp3) is 0.800. The second kappa shape index (κ2) is 4.80. The summed E-state index contributed by atoms with van der Waals surface area (Å²) in [7, 11) is 0. The van der Waals surface area contributed by atoms with E-state index in [-0.39, 0.29) is 18.7 Å². The van der Waals surface area contributed by atoms with Gasteiger partial charge >= 0.3 is 5.97 Å². The summed E-state index contributed by atoms with van der Waals surface area (Å²) >= 11 is 0. The molecule has 0 saturated carbocycles. The van der Waals surface area contributed by atoms with E-state index in [2.05, 4.69) is 5.32 Å². The van der Waals surface area contributed by atoms with E-state index in [1.165, 1.54) is 0 Å². The van der Waals surface area contributed by atoms with Crippen LogP contribution in [0, 0.1) is 0 Å². The maximum absolute atomic E-state index is 11.5. The van der Waals surface area contributed by atoms with E-state index in [1.807, 2.05) is 0 Å². The van der Waals surface area contributed by atoms with E-state index in [9.17, 15) is 9.59 Å². The van der Waals surface area contributed by atoms with Crippen LogP contribution in [0.4, 0.5) is 0 Å². The molecule has 0 aromatic carbocycles. The molecule has 2 N–H and O–H groups in total. The Morgan fingerprint density at radius 1 is 1.25 bits per heavy atom. The number of carbonyl (C=O) groups excluding carboxylic acids is 1. The number of rotatable bonds is 5. The smallest absolute Gasteiger partial charge is 0.303 e. The van der Waals surface area contributed by atoms with Crippen molar-refractivity contribution in [3.63, 3.8) is 0 Å². The average Bonchev–Trinajstić information content (AvgIpc) is 2.09. The van der Waals surface area contributed by atoms with Crippen molar-refractivity contribution in [1.82, 2.24) is 10.2 Å². The molecular weight excluding hydrogens is 212 g/mol. The van der Waals surface area contributed by atoms with Gasteiger partial charge in [0.2, 0.25) is 5.91 Å². The van der Waals surface area contributed by atoms with Crippen molar-refractivity contribution in [2.75, 3.05) is 26.3 Å². The number of nitrogens with zero attached hydrogens (tertiary/aromatic N) is 1. The van der Waals surface area contributed by atoms with Crippen molar-refractivity contribution < 1.29 is 19.4 Å². The first-order valence-corrected chi connectivity index (χ1v) is 5.48. The summed E-state index contributed by atoms with van der Waals surface area (Å²) in [5.41, 5.74) is 0. The lowest BCUT2D eigenvalue weighted by Gasteiger charge is -2.43. The number of carboxylic acid groups (broad SMARTS) is 1. The van der Waals surface area contributed by atoms with Crippen molar-refractivity contribution >= 4 is 11.9 Å². The molecule has 1 amide bonds. The van der Waals surface area contributed by atoms with Gasteiger partial charge in [0, 0.05) is 25.6 Å². The minimum Gasteiger partial charge on any atom is -0.481 e. The molecule has 0 spiro atoms. The van der Waals surface area contributed by atoms with Crippen LogP contribution in [0.1, 0.15) is 12.8 Å². The Bertz CT molecular complexity index is 285. The normalized spacial score (nSPS) is 21.4. The summed E-state index contributed by atoms with van der Waals surface area (Å²) in [6, 6.07) is 0.781. The van der Waals surface area contributed by atoms with E-state index in [4.69, 9.17) is 9.84 Å². The molecule has 16 heavy (non-hydrogen) atoms. The molecule has 2 heterocycles. The quantitative estimate of drug-likeness (QED) is 0.634. The fourth-order valence-electron chi connectivity index (χ4n) is 1.82. The Hall–Kier alpha value is -1.14. The van der Waals surface area contributed by atoms with Crippen molar-refractivity contribution in [2.24, 2.45) is 0 Å². The molecule has 0 unspecified atom stereocenters. The highest BCUT2D eigenvalue weighted by molar-refractivity contribution is 5.81. The Morgan fingerprint density at radius 3 is 2.44 bits per heavy atom. The van der Waals surface area contributed by atoms with Gasteiger partial charge in [-0.3, -0.25) is 9.59 Å². The van der Waals surface area contributed by atoms with Crippen LogP contribution >= 0.6 is 0 Å². The number of nitrogens with one attached hydrogen (secondary N) is 1. The molecule has 2 aliphatic heterocycles. The lowest BCUT2D eigenvalue weighted by molar-refractivity contribution is -0.143. The minimum absolute atomic E-state index is 0.0645. The predicted octanol–water partition coefficient (Wildman–Crippen LogP) is -0.950. The molecule has 2 aliphatic rings. The first kappa shape index (κ1) is 11.3. The highest BCUT2D eigenvalue weighted by Crippen LogP contribution is 2.13. The van der Waals surface area contributed by atoms with Crippen LogP contribution < -0.4 is 5.32 Å². The molecule has 6 heteroatoms. The molecule has 2 saturated heterocycles. The second-order valence-corrected chi connectivity index (χ2v) is 4.29. The maximum Gasteiger partial charge on any atom is 0.303 e. The van der Waals surface area contributed by atoms with E-state index in [0.29, 0.717) is 25.2 Å². The highest BCUT2D eigenvalue weighted by atomic mass is 16.5. The molecule has 0 aromatic rings. The zero-order valence-corrected chi connectivity index (χ0v) is 9.02. The summed E-state index contributed by atoms with van der Waals surface area (Å²) in [5, 5.41) is 11.8. The van der Waals surface area contributed by atoms with Gasteiger partial charge in [-0.2, -0.15) is 0 Å². The molecule has 0 atom stereocenters. The van der Waals surface area contributed by atoms with Crippen molar-refractivity contribution in [1.29, 1.82) is 0 Å². The Balaban J connectivity index is 1.59. The van der Waals surface area contributed by atoms with Gasteiger partial charge in [0.05, 0.1) is 25.7 Å². The average molecular weight is 228 g/mol. The standard InChI is InChI=1S/C10H16N2O4/c13-9(1-2-10(14)15)12-3-7(4-12)11-8-5-16-6-8/h7-8,11H,1-6H2,(H,14,15). The van der Waals surface area contributed by atoms with E-state index < -0.39 is 5.97 Å². The van der Waals surface area contributed by atoms with E-state index >= 15 is 0 Å². The Labute approximate surface area is 93.6 Å². The van der Waals surface area contributed by atoms with Crippen LogP contribution in [-0.2, 0) is 14.3 Å². The number of aliphatic carboxylic acids is 1. The van der Waals surface area contributed by atoms with Crippen LogP contribution in [0.25, 0.3) is 0 Å². The molecule has 0 bridgehead atoms. The van der Waals surface area contributed by atoms with Gasteiger partial charge in [0.25, 0.3) is 0 Å². The van der Waals surface area contributed by atoms with Crippen LogP contribution in [0.3, 0.4) is 0 Å². The first-order valence-electron chi connectivity index (χ1n) is 5.48. The molecule has 0 aromatic heterocycles. The van der Waals surface area contributed by atoms with Gasteiger partial charge in [0.15, 0.2) is 0 Å². The first-order chi connectivity index (χ1) is 7.65. The number of hydrogen-bond acceptors (Lipinski definition) is 4. The second-order valence-electron chi connectivity index (χ2n) is 4.29. The predicted molar refractivity (Wildman–Crippen MR) is 55.0 cm³/mol. The zero-order chi connectivity index (χ0) is 11.5. The number of likely N-dealkylation sites (tertiary alicyclic amines) is 1. The van der Waals surface area contributed by atoms with Gasteiger partial charge in [0.1, 0.15) is 0 Å². The van der Waals surface area contributed by atoms with Crippen LogP contribution in [-0.4, -0.2) is 60.3 Å².